The number of likely N-dealkylation sites (tertiary alicyclic amines) is 1. The molecule has 2 N–H and O–H groups in total. The van der Waals surface area contributed by atoms with E-state index in [9.17, 15) is 0 Å². The van der Waals surface area contributed by atoms with Crippen molar-refractivity contribution in [1.82, 2.24) is 20.5 Å². The third kappa shape index (κ3) is 6.77. The number of nitrogens with one attached hydrogen (secondary N) is 2. The van der Waals surface area contributed by atoms with Crippen molar-refractivity contribution in [2.75, 3.05) is 20.1 Å². The van der Waals surface area contributed by atoms with Gasteiger partial charge >= 0.3 is 0 Å². The second-order valence-corrected chi connectivity index (χ2v) is 6.91. The smallest absolute Gasteiger partial charge is 0.191 e. The molecule has 1 aliphatic heterocycles. The average Bonchev–Trinajstić information content (AvgIpc) is 3.01. The highest BCUT2D eigenvalue weighted by atomic mass is 127. The normalized spacial score (nSPS) is 20.1. The highest BCUT2D eigenvalue weighted by Gasteiger charge is 2.29. The van der Waals surface area contributed by atoms with Gasteiger partial charge in [-0.05, 0) is 31.0 Å². The van der Waals surface area contributed by atoms with Crippen LogP contribution >= 0.6 is 24.0 Å². The summed E-state index contributed by atoms with van der Waals surface area (Å²) in [4.78, 5) is 11.3. The Hall–Kier alpha value is -1.67. The summed E-state index contributed by atoms with van der Waals surface area (Å²) in [6, 6.07) is 17.7. The third-order valence-electron chi connectivity index (χ3n) is 4.90. The van der Waals surface area contributed by atoms with Crippen LogP contribution in [0.3, 0.4) is 0 Å². The Kier molecular flexibility index (Phi) is 9.00. The van der Waals surface area contributed by atoms with Crippen LogP contribution in [0.1, 0.15) is 24.6 Å². The summed E-state index contributed by atoms with van der Waals surface area (Å²) in [6.07, 6.45) is 3.86. The van der Waals surface area contributed by atoms with Crippen LogP contribution in [0.4, 0.5) is 0 Å². The van der Waals surface area contributed by atoms with Gasteiger partial charge in [-0.25, -0.2) is 0 Å². The monoisotopic (exact) mass is 479 g/mol. The Morgan fingerprint density at radius 2 is 1.96 bits per heavy atom. The van der Waals surface area contributed by atoms with Gasteiger partial charge in [0.2, 0.25) is 0 Å². The molecule has 27 heavy (non-hydrogen) atoms. The summed E-state index contributed by atoms with van der Waals surface area (Å²) in [5, 5.41) is 6.98. The number of rotatable bonds is 6. The Morgan fingerprint density at radius 1 is 1.19 bits per heavy atom. The summed E-state index contributed by atoms with van der Waals surface area (Å²) in [5.41, 5.74) is 2.47. The van der Waals surface area contributed by atoms with Gasteiger partial charge in [0.1, 0.15) is 0 Å². The lowest BCUT2D eigenvalue weighted by molar-refractivity contribution is 0.258. The number of hydrogen-bond donors (Lipinski definition) is 2. The Morgan fingerprint density at radius 3 is 2.67 bits per heavy atom. The molecule has 1 aliphatic rings. The molecule has 0 radical (unpaired) electrons. The number of nitrogens with zero attached hydrogens (tertiary/aromatic N) is 3. The molecule has 1 aromatic carbocycles. The van der Waals surface area contributed by atoms with E-state index in [1.165, 1.54) is 5.56 Å². The predicted octanol–water partition coefficient (Wildman–Crippen LogP) is 3.07. The first-order valence-electron chi connectivity index (χ1n) is 9.39. The van der Waals surface area contributed by atoms with Crippen LogP contribution in [0.25, 0.3) is 0 Å². The lowest BCUT2D eigenvalue weighted by Gasteiger charge is -2.21. The van der Waals surface area contributed by atoms with Crippen LogP contribution in [-0.2, 0) is 13.0 Å². The molecule has 2 aromatic rings. The topological polar surface area (TPSA) is 52.6 Å². The number of benzene rings is 1. The summed E-state index contributed by atoms with van der Waals surface area (Å²) in [7, 11) is 1.83. The van der Waals surface area contributed by atoms with Crippen LogP contribution in [0, 0.1) is 0 Å². The number of aromatic nitrogens is 1. The van der Waals surface area contributed by atoms with E-state index < -0.39 is 0 Å². The minimum atomic E-state index is 0. The first-order chi connectivity index (χ1) is 12.7. The lowest BCUT2D eigenvalue weighted by Crippen LogP contribution is -2.45. The van der Waals surface area contributed by atoms with E-state index in [-0.39, 0.29) is 24.0 Å². The first kappa shape index (κ1) is 21.6. The van der Waals surface area contributed by atoms with Crippen LogP contribution in [0.2, 0.25) is 0 Å². The van der Waals surface area contributed by atoms with Crippen molar-refractivity contribution in [1.29, 1.82) is 0 Å². The fourth-order valence-corrected chi connectivity index (χ4v) is 3.48. The highest BCUT2D eigenvalue weighted by Crippen LogP contribution is 2.20. The van der Waals surface area contributed by atoms with Gasteiger partial charge in [0.15, 0.2) is 5.96 Å². The minimum Gasteiger partial charge on any atom is -0.356 e. The van der Waals surface area contributed by atoms with Crippen molar-refractivity contribution in [2.24, 2.45) is 4.99 Å². The molecular formula is C21H30IN5. The van der Waals surface area contributed by atoms with Gasteiger partial charge in [-0.2, -0.15) is 0 Å². The zero-order valence-electron chi connectivity index (χ0n) is 16.1. The largest absolute Gasteiger partial charge is 0.356 e. The second kappa shape index (κ2) is 11.2. The van der Waals surface area contributed by atoms with Crippen molar-refractivity contribution in [2.45, 2.75) is 38.4 Å². The van der Waals surface area contributed by atoms with E-state index >= 15 is 0 Å². The highest BCUT2D eigenvalue weighted by molar-refractivity contribution is 14.0. The molecule has 2 atom stereocenters. The van der Waals surface area contributed by atoms with Gasteiger partial charge in [-0.3, -0.25) is 14.9 Å². The molecule has 2 unspecified atom stereocenters. The molecule has 1 aromatic heterocycles. The van der Waals surface area contributed by atoms with Crippen LogP contribution in [-0.4, -0.2) is 48.1 Å². The Labute approximate surface area is 179 Å². The van der Waals surface area contributed by atoms with Crippen LogP contribution in [0.15, 0.2) is 59.7 Å². The molecule has 1 saturated heterocycles. The van der Waals surface area contributed by atoms with Gasteiger partial charge in [0.25, 0.3) is 0 Å². The molecule has 1 fully saturated rings. The predicted molar refractivity (Wildman–Crippen MR) is 123 cm³/mol. The van der Waals surface area contributed by atoms with Gasteiger partial charge < -0.3 is 10.6 Å². The molecular weight excluding hydrogens is 449 g/mol. The quantitative estimate of drug-likeness (QED) is 0.380. The van der Waals surface area contributed by atoms with Crippen molar-refractivity contribution in [3.63, 3.8) is 0 Å². The van der Waals surface area contributed by atoms with Crippen molar-refractivity contribution < 1.29 is 0 Å². The molecule has 6 heteroatoms. The number of hydrogen-bond acceptors (Lipinski definition) is 3. The van der Waals surface area contributed by atoms with Crippen LogP contribution in [0.5, 0.6) is 0 Å². The number of halogens is 1. The minimum absolute atomic E-state index is 0. The molecule has 0 saturated carbocycles. The van der Waals surface area contributed by atoms with Crippen molar-refractivity contribution in [3.8, 4) is 0 Å². The number of aliphatic imine (C=N–C) groups is 1. The summed E-state index contributed by atoms with van der Waals surface area (Å²) >= 11 is 0. The fraction of sp³-hybridized carbons (Fsp3) is 0.429. The molecule has 5 nitrogen and oxygen atoms in total. The zero-order valence-corrected chi connectivity index (χ0v) is 18.5. The van der Waals surface area contributed by atoms with Gasteiger partial charge in [-0.1, -0.05) is 36.4 Å². The lowest BCUT2D eigenvalue weighted by atomic mass is 10.2. The van der Waals surface area contributed by atoms with E-state index in [1.54, 1.807) is 0 Å². The maximum atomic E-state index is 4.37. The SMILES string of the molecule is CN=C(NCCc1ccccn1)NC1CC(C)N(Cc2ccccc2)C1.I. The second-order valence-electron chi connectivity index (χ2n) is 6.91. The summed E-state index contributed by atoms with van der Waals surface area (Å²) < 4.78 is 0. The average molecular weight is 479 g/mol. The first-order valence-corrected chi connectivity index (χ1v) is 9.39. The Bertz CT molecular complexity index is 692. The number of pyridine rings is 1. The Balaban J connectivity index is 0.00000261. The van der Waals surface area contributed by atoms with Crippen molar-refractivity contribution >= 4 is 29.9 Å². The third-order valence-corrected chi connectivity index (χ3v) is 4.90. The standard InChI is InChI=1S/C21H29N5.HI/c1-17-14-20(16-26(17)15-18-8-4-3-5-9-18)25-21(22-2)24-13-11-19-10-6-7-12-23-19;/h3-10,12,17,20H,11,13-16H2,1-2H3,(H2,22,24,25);1H. The molecule has 0 amide bonds. The molecule has 0 bridgehead atoms. The van der Waals surface area contributed by atoms with Gasteiger partial charge in [0.05, 0.1) is 0 Å². The van der Waals surface area contributed by atoms with E-state index in [4.69, 9.17) is 0 Å². The molecule has 146 valence electrons. The number of guanidine groups is 1. The zero-order chi connectivity index (χ0) is 18.2. The molecule has 2 heterocycles. The maximum Gasteiger partial charge on any atom is 0.191 e. The molecule has 0 aliphatic carbocycles. The van der Waals surface area contributed by atoms with Crippen LogP contribution < -0.4 is 10.6 Å². The van der Waals surface area contributed by atoms with Gasteiger partial charge in [-0.15, -0.1) is 24.0 Å². The summed E-state index contributed by atoms with van der Waals surface area (Å²) in [5.74, 6) is 0.875. The molecule has 3 rings (SSSR count). The molecule has 0 spiro atoms. The van der Waals surface area contributed by atoms with Crippen molar-refractivity contribution in [3.05, 3.63) is 66.0 Å². The van der Waals surface area contributed by atoms with E-state index in [0.29, 0.717) is 12.1 Å². The fourth-order valence-electron chi connectivity index (χ4n) is 3.48. The van der Waals surface area contributed by atoms with E-state index in [2.05, 4.69) is 68.8 Å². The summed E-state index contributed by atoms with van der Waals surface area (Å²) in [6.45, 7) is 5.18. The van der Waals surface area contributed by atoms with E-state index in [0.717, 1.165) is 44.1 Å². The van der Waals surface area contributed by atoms with Gasteiger partial charge in [0, 0.05) is 57.1 Å². The van der Waals surface area contributed by atoms with E-state index in [1.807, 2.05) is 25.4 Å². The maximum absolute atomic E-state index is 4.37.